The lowest BCUT2D eigenvalue weighted by atomic mass is 10.3. The van der Waals surface area contributed by atoms with Crippen molar-refractivity contribution in [2.75, 3.05) is 38.3 Å². The summed E-state index contributed by atoms with van der Waals surface area (Å²) in [5, 5.41) is 6.07. The first-order valence-corrected chi connectivity index (χ1v) is 5.99. The van der Waals surface area contributed by atoms with Gasteiger partial charge in [-0.3, -0.25) is 0 Å². The summed E-state index contributed by atoms with van der Waals surface area (Å²) in [6.07, 6.45) is 0. The van der Waals surface area contributed by atoms with E-state index >= 15 is 0 Å². The molecule has 2 N–H and O–H groups in total. The number of piperazine rings is 1. The fraction of sp³-hybridized carbons (Fsp3) is 0.417. The Morgan fingerprint density at radius 3 is 2.83 bits per heavy atom. The van der Waals surface area contributed by atoms with E-state index in [0.29, 0.717) is 5.75 Å². The molecule has 6 heteroatoms. The molecule has 2 aliphatic rings. The van der Waals surface area contributed by atoms with Crippen LogP contribution in [-0.2, 0) is 0 Å². The molecular formula is C12H15N3O3. The highest BCUT2D eigenvalue weighted by Crippen LogP contribution is 2.34. The van der Waals surface area contributed by atoms with E-state index in [9.17, 15) is 4.79 Å². The van der Waals surface area contributed by atoms with Gasteiger partial charge in [-0.25, -0.2) is 4.79 Å². The summed E-state index contributed by atoms with van der Waals surface area (Å²) in [5.74, 6) is 1.39. The molecule has 96 valence electrons. The maximum atomic E-state index is 12.0. The Kier molecular flexibility index (Phi) is 2.93. The van der Waals surface area contributed by atoms with Gasteiger partial charge in [0.15, 0.2) is 11.5 Å². The zero-order chi connectivity index (χ0) is 12.4. The summed E-state index contributed by atoms with van der Waals surface area (Å²) in [7, 11) is 0. The number of nitrogens with one attached hydrogen (secondary N) is 2. The number of nitrogens with zero attached hydrogens (tertiary/aromatic N) is 1. The van der Waals surface area contributed by atoms with E-state index in [1.165, 1.54) is 0 Å². The maximum Gasteiger partial charge on any atom is 0.321 e. The minimum absolute atomic E-state index is 0.0737. The van der Waals surface area contributed by atoms with Crippen molar-refractivity contribution in [3.63, 3.8) is 0 Å². The third kappa shape index (κ3) is 2.19. The first-order valence-electron chi connectivity index (χ1n) is 5.99. The lowest BCUT2D eigenvalue weighted by Crippen LogP contribution is -2.48. The summed E-state index contributed by atoms with van der Waals surface area (Å²) >= 11 is 0. The van der Waals surface area contributed by atoms with E-state index < -0.39 is 0 Å². The number of carbonyl (C=O) groups is 1. The van der Waals surface area contributed by atoms with Gasteiger partial charge in [0.05, 0.1) is 0 Å². The number of carbonyl (C=O) groups excluding carboxylic acids is 1. The van der Waals surface area contributed by atoms with Crippen LogP contribution in [-0.4, -0.2) is 43.9 Å². The monoisotopic (exact) mass is 249 g/mol. The van der Waals surface area contributed by atoms with Crippen LogP contribution in [0.15, 0.2) is 18.2 Å². The highest BCUT2D eigenvalue weighted by atomic mass is 16.7. The van der Waals surface area contributed by atoms with E-state index in [1.807, 2.05) is 6.07 Å². The zero-order valence-electron chi connectivity index (χ0n) is 9.94. The summed E-state index contributed by atoms with van der Waals surface area (Å²) in [6.45, 7) is 3.39. The van der Waals surface area contributed by atoms with Crippen molar-refractivity contribution in [1.82, 2.24) is 10.2 Å². The molecule has 1 aromatic rings. The number of anilines is 1. The summed E-state index contributed by atoms with van der Waals surface area (Å²) in [5.41, 5.74) is 0.725. The summed E-state index contributed by atoms with van der Waals surface area (Å²) < 4.78 is 10.5. The van der Waals surface area contributed by atoms with Gasteiger partial charge in [-0.15, -0.1) is 0 Å². The van der Waals surface area contributed by atoms with Gasteiger partial charge >= 0.3 is 6.03 Å². The highest BCUT2D eigenvalue weighted by molar-refractivity contribution is 5.89. The second-order valence-corrected chi connectivity index (χ2v) is 4.24. The van der Waals surface area contributed by atoms with Gasteiger partial charge in [0, 0.05) is 37.9 Å². The Hall–Kier alpha value is -1.95. The Morgan fingerprint density at radius 1 is 1.22 bits per heavy atom. The molecular weight excluding hydrogens is 234 g/mol. The lowest BCUT2D eigenvalue weighted by molar-refractivity contribution is 0.174. The molecule has 0 atom stereocenters. The van der Waals surface area contributed by atoms with Crippen molar-refractivity contribution in [2.45, 2.75) is 0 Å². The molecule has 2 heterocycles. The normalized spacial score (nSPS) is 17.7. The molecule has 0 aliphatic carbocycles. The third-order valence-electron chi connectivity index (χ3n) is 3.03. The van der Waals surface area contributed by atoms with E-state index in [1.54, 1.807) is 17.0 Å². The van der Waals surface area contributed by atoms with E-state index in [-0.39, 0.29) is 12.8 Å². The van der Waals surface area contributed by atoms with E-state index in [2.05, 4.69) is 10.6 Å². The minimum Gasteiger partial charge on any atom is -0.454 e. The Labute approximate surface area is 105 Å². The molecule has 0 radical (unpaired) electrons. The maximum absolute atomic E-state index is 12.0. The Bertz CT molecular complexity index is 458. The molecule has 18 heavy (non-hydrogen) atoms. The molecule has 0 spiro atoms. The summed E-state index contributed by atoms with van der Waals surface area (Å²) in [6, 6.07) is 5.32. The SMILES string of the molecule is O=C(Nc1ccc2c(c1)OCO2)N1CCNCC1. The topological polar surface area (TPSA) is 62.8 Å². The average Bonchev–Trinajstić information content (AvgIpc) is 2.87. The van der Waals surface area contributed by atoms with Gasteiger partial charge in [-0.05, 0) is 12.1 Å². The van der Waals surface area contributed by atoms with Crippen LogP contribution in [0.25, 0.3) is 0 Å². The van der Waals surface area contributed by atoms with Crippen molar-refractivity contribution in [3.8, 4) is 11.5 Å². The van der Waals surface area contributed by atoms with Gasteiger partial charge in [0.2, 0.25) is 6.79 Å². The van der Waals surface area contributed by atoms with Crippen LogP contribution in [0.5, 0.6) is 11.5 Å². The fourth-order valence-corrected chi connectivity index (χ4v) is 2.04. The van der Waals surface area contributed by atoms with E-state index in [0.717, 1.165) is 37.6 Å². The molecule has 2 amide bonds. The fourth-order valence-electron chi connectivity index (χ4n) is 2.04. The van der Waals surface area contributed by atoms with Crippen molar-refractivity contribution in [1.29, 1.82) is 0 Å². The number of ether oxygens (including phenoxy) is 2. The van der Waals surface area contributed by atoms with Gasteiger partial charge < -0.3 is 25.0 Å². The van der Waals surface area contributed by atoms with Crippen LogP contribution < -0.4 is 20.1 Å². The first kappa shape index (κ1) is 11.2. The molecule has 0 bridgehead atoms. The number of rotatable bonds is 1. The second-order valence-electron chi connectivity index (χ2n) is 4.24. The number of benzene rings is 1. The summed E-state index contributed by atoms with van der Waals surface area (Å²) in [4.78, 5) is 13.8. The Morgan fingerprint density at radius 2 is 2.00 bits per heavy atom. The van der Waals surface area contributed by atoms with Gasteiger partial charge in [-0.2, -0.15) is 0 Å². The molecule has 0 unspecified atom stereocenters. The molecule has 3 rings (SSSR count). The minimum atomic E-state index is -0.0737. The quantitative estimate of drug-likeness (QED) is 0.774. The molecule has 1 aromatic carbocycles. The average molecular weight is 249 g/mol. The largest absolute Gasteiger partial charge is 0.454 e. The molecule has 1 fully saturated rings. The predicted octanol–water partition coefficient (Wildman–Crippen LogP) is 0.852. The lowest BCUT2D eigenvalue weighted by Gasteiger charge is -2.27. The number of hydrogen-bond donors (Lipinski definition) is 2. The molecule has 0 aromatic heterocycles. The van der Waals surface area contributed by atoms with Crippen LogP contribution in [0, 0.1) is 0 Å². The van der Waals surface area contributed by atoms with Gasteiger partial charge in [0.25, 0.3) is 0 Å². The third-order valence-corrected chi connectivity index (χ3v) is 3.03. The Balaban J connectivity index is 1.66. The molecule has 6 nitrogen and oxygen atoms in total. The van der Waals surface area contributed by atoms with Crippen LogP contribution in [0.2, 0.25) is 0 Å². The molecule has 0 saturated carbocycles. The predicted molar refractivity (Wildman–Crippen MR) is 66.0 cm³/mol. The number of hydrogen-bond acceptors (Lipinski definition) is 4. The smallest absolute Gasteiger partial charge is 0.321 e. The molecule has 2 aliphatic heterocycles. The number of urea groups is 1. The number of amides is 2. The van der Waals surface area contributed by atoms with Crippen LogP contribution >= 0.6 is 0 Å². The van der Waals surface area contributed by atoms with Crippen LogP contribution in [0.3, 0.4) is 0 Å². The zero-order valence-corrected chi connectivity index (χ0v) is 9.94. The van der Waals surface area contributed by atoms with Crippen molar-refractivity contribution < 1.29 is 14.3 Å². The highest BCUT2D eigenvalue weighted by Gasteiger charge is 2.18. The number of fused-ring (bicyclic) bond motifs is 1. The standard InChI is InChI=1S/C12H15N3O3/c16-12(15-5-3-13-4-6-15)14-9-1-2-10-11(7-9)18-8-17-10/h1-2,7,13H,3-6,8H2,(H,14,16). The van der Waals surface area contributed by atoms with Crippen LogP contribution in [0.1, 0.15) is 0 Å². The first-order chi connectivity index (χ1) is 8.83. The van der Waals surface area contributed by atoms with Crippen LogP contribution in [0.4, 0.5) is 10.5 Å². The molecule has 1 saturated heterocycles. The van der Waals surface area contributed by atoms with Crippen molar-refractivity contribution in [2.24, 2.45) is 0 Å². The van der Waals surface area contributed by atoms with Crippen molar-refractivity contribution >= 4 is 11.7 Å². The van der Waals surface area contributed by atoms with Gasteiger partial charge in [0.1, 0.15) is 0 Å². The second kappa shape index (κ2) is 4.73. The van der Waals surface area contributed by atoms with Gasteiger partial charge in [-0.1, -0.05) is 0 Å². The van der Waals surface area contributed by atoms with E-state index in [4.69, 9.17) is 9.47 Å². The van der Waals surface area contributed by atoms with Crippen molar-refractivity contribution in [3.05, 3.63) is 18.2 Å².